The van der Waals surface area contributed by atoms with Crippen molar-refractivity contribution in [2.45, 2.75) is 25.4 Å². The van der Waals surface area contributed by atoms with Crippen LogP contribution in [0.3, 0.4) is 0 Å². The molecule has 1 atom stereocenters. The minimum atomic E-state index is -0.228. The quantitative estimate of drug-likeness (QED) is 0.806. The Labute approximate surface area is 141 Å². The normalized spacial score (nSPS) is 15.7. The summed E-state index contributed by atoms with van der Waals surface area (Å²) in [4.78, 5) is 18.6. The van der Waals surface area contributed by atoms with E-state index >= 15 is 0 Å². The Bertz CT molecular complexity index is 746. The number of fused-ring (bicyclic) bond motifs is 1. The first-order valence-corrected chi connectivity index (χ1v) is 8.03. The van der Waals surface area contributed by atoms with E-state index in [1.165, 1.54) is 0 Å². The van der Waals surface area contributed by atoms with Crippen molar-refractivity contribution in [3.05, 3.63) is 53.2 Å². The van der Waals surface area contributed by atoms with Crippen LogP contribution in [0.1, 0.15) is 29.3 Å². The minimum Gasteiger partial charge on any atom is -0.508 e. The zero-order valence-corrected chi connectivity index (χ0v) is 13.9. The van der Waals surface area contributed by atoms with Gasteiger partial charge in [-0.1, -0.05) is 18.2 Å². The van der Waals surface area contributed by atoms with Crippen molar-refractivity contribution in [2.24, 2.45) is 0 Å². The summed E-state index contributed by atoms with van der Waals surface area (Å²) in [5, 5.41) is 15.7. The highest BCUT2D eigenvalue weighted by Gasteiger charge is 2.25. The lowest BCUT2D eigenvalue weighted by atomic mass is 10.1. The van der Waals surface area contributed by atoms with E-state index in [4.69, 9.17) is 0 Å². The van der Waals surface area contributed by atoms with Crippen LogP contribution in [0.5, 0.6) is 5.75 Å². The van der Waals surface area contributed by atoms with Crippen molar-refractivity contribution < 1.29 is 9.90 Å². The van der Waals surface area contributed by atoms with E-state index in [-0.39, 0.29) is 12.1 Å². The number of phenols is 1. The summed E-state index contributed by atoms with van der Waals surface area (Å²) in [5.41, 5.74) is 2.74. The number of phenolic OH excluding ortho intramolecular Hbond substituents is 1. The van der Waals surface area contributed by atoms with E-state index in [0.29, 0.717) is 12.3 Å². The number of pyridine rings is 1. The maximum atomic E-state index is 12.2. The highest BCUT2D eigenvalue weighted by Crippen LogP contribution is 2.36. The van der Waals surface area contributed by atoms with Crippen molar-refractivity contribution in [3.8, 4) is 5.75 Å². The first-order valence-electron chi connectivity index (χ1n) is 8.03. The standard InChI is InChI=1S/C18H22N4O2/c1-22(2)17-8-3-5-12(20-17)11-19-18(24)21-15-10-9-14-13(15)6-4-7-16(14)23/h3-8,15,23H,9-11H2,1-2H3,(H2,19,21,24)/t15-/m1/s1. The molecule has 6 heteroatoms. The van der Waals surface area contributed by atoms with Gasteiger partial charge >= 0.3 is 6.03 Å². The molecule has 0 aliphatic heterocycles. The van der Waals surface area contributed by atoms with Gasteiger partial charge < -0.3 is 20.6 Å². The molecule has 0 bridgehead atoms. The molecule has 126 valence electrons. The number of hydrogen-bond acceptors (Lipinski definition) is 4. The highest BCUT2D eigenvalue weighted by atomic mass is 16.3. The number of carbonyl (C=O) groups excluding carboxylic acids is 1. The Kier molecular flexibility index (Phi) is 4.55. The van der Waals surface area contributed by atoms with Gasteiger partial charge in [-0.3, -0.25) is 0 Å². The van der Waals surface area contributed by atoms with E-state index < -0.39 is 0 Å². The fraction of sp³-hybridized carbons (Fsp3) is 0.333. The Morgan fingerprint density at radius 2 is 2.08 bits per heavy atom. The molecule has 0 fully saturated rings. The summed E-state index contributed by atoms with van der Waals surface area (Å²) < 4.78 is 0. The van der Waals surface area contributed by atoms with Crippen LogP contribution in [0.2, 0.25) is 0 Å². The van der Waals surface area contributed by atoms with E-state index in [2.05, 4.69) is 15.6 Å². The number of carbonyl (C=O) groups is 1. The largest absolute Gasteiger partial charge is 0.508 e. The molecule has 0 spiro atoms. The van der Waals surface area contributed by atoms with Gasteiger partial charge in [0, 0.05) is 14.1 Å². The summed E-state index contributed by atoms with van der Waals surface area (Å²) in [6.07, 6.45) is 1.58. The second kappa shape index (κ2) is 6.78. The summed E-state index contributed by atoms with van der Waals surface area (Å²) >= 11 is 0. The van der Waals surface area contributed by atoms with Crippen LogP contribution in [0.25, 0.3) is 0 Å². The third-order valence-electron chi connectivity index (χ3n) is 4.23. The zero-order valence-electron chi connectivity index (χ0n) is 13.9. The number of nitrogens with one attached hydrogen (secondary N) is 2. The summed E-state index contributed by atoms with van der Waals surface area (Å²) in [7, 11) is 3.86. The van der Waals surface area contributed by atoms with Gasteiger partial charge in [0.05, 0.1) is 18.3 Å². The molecule has 2 aromatic rings. The fourth-order valence-corrected chi connectivity index (χ4v) is 2.98. The highest BCUT2D eigenvalue weighted by molar-refractivity contribution is 5.74. The number of rotatable bonds is 4. The molecule has 0 unspecified atom stereocenters. The predicted octanol–water partition coefficient (Wildman–Crippen LogP) is 2.34. The maximum absolute atomic E-state index is 12.2. The Balaban J connectivity index is 1.58. The van der Waals surface area contributed by atoms with Gasteiger partial charge in [-0.25, -0.2) is 9.78 Å². The van der Waals surface area contributed by atoms with Crippen LogP contribution < -0.4 is 15.5 Å². The lowest BCUT2D eigenvalue weighted by molar-refractivity contribution is 0.236. The molecular formula is C18H22N4O2. The molecule has 0 saturated heterocycles. The van der Waals surface area contributed by atoms with E-state index in [1.54, 1.807) is 6.07 Å². The van der Waals surface area contributed by atoms with E-state index in [0.717, 1.165) is 35.5 Å². The molecule has 3 N–H and O–H groups in total. The van der Waals surface area contributed by atoms with Crippen molar-refractivity contribution in [2.75, 3.05) is 19.0 Å². The van der Waals surface area contributed by atoms with Gasteiger partial charge in [0.2, 0.25) is 0 Å². The van der Waals surface area contributed by atoms with Gasteiger partial charge in [0.1, 0.15) is 11.6 Å². The predicted molar refractivity (Wildman–Crippen MR) is 93.1 cm³/mol. The molecule has 2 amide bonds. The second-order valence-electron chi connectivity index (χ2n) is 6.14. The maximum Gasteiger partial charge on any atom is 0.315 e. The average molecular weight is 326 g/mol. The van der Waals surface area contributed by atoms with Crippen LogP contribution in [0, 0.1) is 0 Å². The minimum absolute atomic E-state index is 0.0619. The lowest BCUT2D eigenvalue weighted by Crippen LogP contribution is -2.37. The van der Waals surface area contributed by atoms with Crippen molar-refractivity contribution in [1.29, 1.82) is 0 Å². The number of amides is 2. The molecule has 1 aliphatic rings. The lowest BCUT2D eigenvalue weighted by Gasteiger charge is -2.16. The molecule has 1 aromatic carbocycles. The second-order valence-corrected chi connectivity index (χ2v) is 6.14. The summed E-state index contributed by atoms with van der Waals surface area (Å²) in [6, 6.07) is 10.9. The topological polar surface area (TPSA) is 77.5 Å². The molecule has 3 rings (SSSR count). The number of benzene rings is 1. The molecule has 1 heterocycles. The summed E-state index contributed by atoms with van der Waals surface area (Å²) in [5.74, 6) is 1.16. The first-order chi connectivity index (χ1) is 11.5. The van der Waals surface area contributed by atoms with Gasteiger partial charge in [-0.2, -0.15) is 0 Å². The Hall–Kier alpha value is -2.76. The van der Waals surface area contributed by atoms with Gasteiger partial charge in [0.25, 0.3) is 0 Å². The van der Waals surface area contributed by atoms with Crippen LogP contribution in [0.15, 0.2) is 36.4 Å². The van der Waals surface area contributed by atoms with Crippen LogP contribution in [0.4, 0.5) is 10.6 Å². The monoisotopic (exact) mass is 326 g/mol. The van der Waals surface area contributed by atoms with Gasteiger partial charge in [0.15, 0.2) is 0 Å². The molecule has 0 saturated carbocycles. The van der Waals surface area contributed by atoms with E-state index in [9.17, 15) is 9.90 Å². The number of aromatic nitrogens is 1. The molecule has 24 heavy (non-hydrogen) atoms. The summed E-state index contributed by atoms with van der Waals surface area (Å²) in [6.45, 7) is 0.368. The van der Waals surface area contributed by atoms with Gasteiger partial charge in [-0.15, -0.1) is 0 Å². The van der Waals surface area contributed by atoms with Crippen LogP contribution >= 0.6 is 0 Å². The molecular weight excluding hydrogens is 304 g/mol. The number of anilines is 1. The third kappa shape index (κ3) is 3.42. The van der Waals surface area contributed by atoms with Crippen molar-refractivity contribution in [1.82, 2.24) is 15.6 Å². The van der Waals surface area contributed by atoms with Crippen LogP contribution in [-0.4, -0.2) is 30.2 Å². The average Bonchev–Trinajstić information content (AvgIpc) is 2.98. The third-order valence-corrected chi connectivity index (χ3v) is 4.23. The first kappa shape index (κ1) is 16.1. The van der Waals surface area contributed by atoms with Gasteiger partial charge in [-0.05, 0) is 42.2 Å². The zero-order chi connectivity index (χ0) is 17.1. The Morgan fingerprint density at radius 1 is 1.29 bits per heavy atom. The van der Waals surface area contributed by atoms with Crippen LogP contribution in [-0.2, 0) is 13.0 Å². The SMILES string of the molecule is CN(C)c1cccc(CNC(=O)N[C@@H]2CCc3c(O)cccc32)n1. The van der Waals surface area contributed by atoms with Crippen molar-refractivity contribution in [3.63, 3.8) is 0 Å². The van der Waals surface area contributed by atoms with E-state index in [1.807, 2.05) is 49.3 Å². The molecule has 0 radical (unpaired) electrons. The number of hydrogen-bond donors (Lipinski definition) is 3. The molecule has 1 aromatic heterocycles. The fourth-order valence-electron chi connectivity index (χ4n) is 2.98. The van der Waals surface area contributed by atoms with Crippen molar-refractivity contribution >= 4 is 11.8 Å². The molecule has 6 nitrogen and oxygen atoms in total. The number of urea groups is 1. The smallest absolute Gasteiger partial charge is 0.315 e. The number of aromatic hydroxyl groups is 1. The number of nitrogens with zero attached hydrogens (tertiary/aromatic N) is 2. The Morgan fingerprint density at radius 3 is 2.88 bits per heavy atom. The molecule has 1 aliphatic carbocycles.